The van der Waals surface area contributed by atoms with E-state index >= 15 is 0 Å². The van der Waals surface area contributed by atoms with Crippen molar-refractivity contribution in [2.75, 3.05) is 5.75 Å². The first-order valence-electron chi connectivity index (χ1n) is 9.04. The van der Waals surface area contributed by atoms with Crippen LogP contribution in [-0.2, 0) is 11.2 Å². The van der Waals surface area contributed by atoms with E-state index in [1.165, 1.54) is 23.7 Å². The van der Waals surface area contributed by atoms with Gasteiger partial charge in [0, 0.05) is 17.6 Å². The van der Waals surface area contributed by atoms with Crippen molar-refractivity contribution in [3.8, 4) is 11.4 Å². The number of hydrogen-bond acceptors (Lipinski definition) is 4. The van der Waals surface area contributed by atoms with Crippen LogP contribution < -0.4 is 0 Å². The minimum atomic E-state index is 0.184. The van der Waals surface area contributed by atoms with Gasteiger partial charge in [-0.1, -0.05) is 43.0 Å². The smallest absolute Gasteiger partial charge is 0.233 e. The molecule has 2 heterocycles. The zero-order valence-corrected chi connectivity index (χ0v) is 16.0. The van der Waals surface area contributed by atoms with E-state index in [0.717, 1.165) is 30.7 Å². The number of amides is 1. The number of nitrogens with one attached hydrogen (secondary N) is 1. The molecule has 0 aliphatic carbocycles. The first-order chi connectivity index (χ1) is 12.1. The Morgan fingerprint density at radius 1 is 1.24 bits per heavy atom. The number of carbonyl (C=O) groups is 1. The maximum Gasteiger partial charge on any atom is 0.233 e. The van der Waals surface area contributed by atoms with Gasteiger partial charge in [0.2, 0.25) is 11.1 Å². The fraction of sp³-hybridized carbons (Fsp3) is 0.526. The summed E-state index contributed by atoms with van der Waals surface area (Å²) in [6.45, 7) is 6.42. The van der Waals surface area contributed by atoms with Gasteiger partial charge < -0.3 is 4.90 Å². The number of thioether (sulfide) groups is 1. The maximum absolute atomic E-state index is 12.6. The van der Waals surface area contributed by atoms with E-state index in [9.17, 15) is 4.79 Å². The Bertz CT molecular complexity index is 702. The third-order valence-corrected chi connectivity index (χ3v) is 5.74. The standard InChI is InChI=1S/C19H26N4OS/c1-4-15-8-10-16(11-9-15)18-20-19(22-21-18)25-12-17(24)23-13(2)6-5-7-14(23)3/h8-11,13-14H,4-7,12H2,1-3H3,(H,20,21,22)/t13-,14-/m1/s1. The lowest BCUT2D eigenvalue weighted by Gasteiger charge is -2.39. The molecule has 134 valence electrons. The van der Waals surface area contributed by atoms with E-state index in [4.69, 9.17) is 0 Å². The summed E-state index contributed by atoms with van der Waals surface area (Å²) in [5.74, 6) is 1.32. The largest absolute Gasteiger partial charge is 0.337 e. The molecule has 5 nitrogen and oxygen atoms in total. The number of nitrogens with zero attached hydrogens (tertiary/aromatic N) is 3. The molecule has 1 aliphatic rings. The maximum atomic E-state index is 12.6. The van der Waals surface area contributed by atoms with Crippen molar-refractivity contribution >= 4 is 17.7 Å². The second-order valence-corrected chi connectivity index (χ2v) is 7.68. The van der Waals surface area contributed by atoms with Gasteiger partial charge in [-0.15, -0.1) is 5.10 Å². The third kappa shape index (κ3) is 4.24. The quantitative estimate of drug-likeness (QED) is 0.823. The van der Waals surface area contributed by atoms with Crippen molar-refractivity contribution in [3.05, 3.63) is 29.8 Å². The molecular weight excluding hydrogens is 332 g/mol. The average Bonchev–Trinajstić information content (AvgIpc) is 3.09. The summed E-state index contributed by atoms with van der Waals surface area (Å²) < 4.78 is 0. The summed E-state index contributed by atoms with van der Waals surface area (Å²) in [5, 5.41) is 7.85. The second kappa shape index (κ2) is 8.04. The number of benzene rings is 1. The van der Waals surface area contributed by atoms with Crippen LogP contribution in [0.4, 0.5) is 0 Å². The molecule has 1 aromatic carbocycles. The van der Waals surface area contributed by atoms with Crippen molar-refractivity contribution in [2.24, 2.45) is 0 Å². The van der Waals surface area contributed by atoms with Gasteiger partial charge in [0.25, 0.3) is 0 Å². The average molecular weight is 359 g/mol. The van der Waals surface area contributed by atoms with Gasteiger partial charge >= 0.3 is 0 Å². The van der Waals surface area contributed by atoms with Crippen molar-refractivity contribution in [1.29, 1.82) is 0 Å². The van der Waals surface area contributed by atoms with Gasteiger partial charge in [-0.3, -0.25) is 9.89 Å². The molecule has 1 N–H and O–H groups in total. The van der Waals surface area contributed by atoms with Gasteiger partial charge in [-0.25, -0.2) is 4.98 Å². The molecule has 0 saturated carbocycles. The van der Waals surface area contributed by atoms with E-state index in [2.05, 4.69) is 60.2 Å². The Kier molecular flexibility index (Phi) is 5.78. The summed E-state index contributed by atoms with van der Waals surface area (Å²) in [6.07, 6.45) is 4.42. The number of likely N-dealkylation sites (tertiary alicyclic amines) is 1. The predicted octanol–water partition coefficient (Wildman–Crippen LogP) is 3.92. The van der Waals surface area contributed by atoms with Crippen LogP contribution >= 0.6 is 11.8 Å². The van der Waals surface area contributed by atoms with Gasteiger partial charge in [0.1, 0.15) is 0 Å². The highest BCUT2D eigenvalue weighted by Crippen LogP contribution is 2.25. The number of piperidine rings is 1. The van der Waals surface area contributed by atoms with E-state index < -0.39 is 0 Å². The Hall–Kier alpha value is -1.82. The van der Waals surface area contributed by atoms with Crippen molar-refractivity contribution < 1.29 is 4.79 Å². The Morgan fingerprint density at radius 2 is 1.92 bits per heavy atom. The summed E-state index contributed by atoms with van der Waals surface area (Å²) in [4.78, 5) is 19.1. The second-order valence-electron chi connectivity index (χ2n) is 6.74. The first kappa shape index (κ1) is 18.0. The van der Waals surface area contributed by atoms with Crippen molar-refractivity contribution in [1.82, 2.24) is 20.1 Å². The van der Waals surface area contributed by atoms with Crippen molar-refractivity contribution in [2.45, 2.75) is 63.7 Å². The molecular formula is C19H26N4OS. The van der Waals surface area contributed by atoms with Gasteiger partial charge in [-0.2, -0.15) is 0 Å². The summed E-state index contributed by atoms with van der Waals surface area (Å²) >= 11 is 1.40. The minimum Gasteiger partial charge on any atom is -0.337 e. The molecule has 1 fully saturated rings. The number of H-pyrrole nitrogens is 1. The van der Waals surface area contributed by atoms with E-state index in [0.29, 0.717) is 23.0 Å². The summed E-state index contributed by atoms with van der Waals surface area (Å²) in [5.41, 5.74) is 2.31. The molecule has 0 spiro atoms. The van der Waals surface area contributed by atoms with E-state index in [1.807, 2.05) is 4.90 Å². The molecule has 25 heavy (non-hydrogen) atoms. The lowest BCUT2D eigenvalue weighted by molar-refractivity contribution is -0.134. The Morgan fingerprint density at radius 3 is 2.56 bits per heavy atom. The topological polar surface area (TPSA) is 61.9 Å². The van der Waals surface area contributed by atoms with Crippen molar-refractivity contribution in [3.63, 3.8) is 0 Å². The molecule has 0 bridgehead atoms. The molecule has 3 rings (SSSR count). The number of aryl methyl sites for hydroxylation is 1. The summed E-state index contributed by atoms with van der Waals surface area (Å²) in [7, 11) is 0. The minimum absolute atomic E-state index is 0.184. The molecule has 1 saturated heterocycles. The molecule has 2 atom stereocenters. The molecule has 0 radical (unpaired) electrons. The Labute approximate surface area is 153 Å². The van der Waals surface area contributed by atoms with Crippen LogP contribution in [0.1, 0.15) is 45.6 Å². The van der Waals surface area contributed by atoms with Crippen LogP contribution in [0.15, 0.2) is 29.4 Å². The van der Waals surface area contributed by atoms with E-state index in [1.54, 1.807) is 0 Å². The molecule has 6 heteroatoms. The fourth-order valence-electron chi connectivity index (χ4n) is 3.45. The number of carbonyl (C=O) groups excluding carboxylic acids is 1. The summed E-state index contributed by atoms with van der Waals surface area (Å²) in [6, 6.07) is 8.97. The van der Waals surface area contributed by atoms with Crippen LogP contribution in [-0.4, -0.2) is 43.8 Å². The highest BCUT2D eigenvalue weighted by molar-refractivity contribution is 7.99. The van der Waals surface area contributed by atoms with Crippen LogP contribution in [0.25, 0.3) is 11.4 Å². The lowest BCUT2D eigenvalue weighted by Crippen LogP contribution is -2.48. The van der Waals surface area contributed by atoms with Gasteiger partial charge in [-0.05, 0) is 45.1 Å². The van der Waals surface area contributed by atoms with Gasteiger partial charge in [0.15, 0.2) is 5.82 Å². The molecule has 1 amide bonds. The van der Waals surface area contributed by atoms with Gasteiger partial charge in [0.05, 0.1) is 5.75 Å². The van der Waals surface area contributed by atoms with Crippen LogP contribution in [0, 0.1) is 0 Å². The Balaban J connectivity index is 1.60. The first-order valence-corrected chi connectivity index (χ1v) is 10.0. The predicted molar refractivity (Wildman–Crippen MR) is 102 cm³/mol. The number of rotatable bonds is 5. The number of aromatic nitrogens is 3. The fourth-order valence-corrected chi connectivity index (χ4v) is 4.12. The van der Waals surface area contributed by atoms with Crippen LogP contribution in [0.5, 0.6) is 0 Å². The number of aromatic amines is 1. The number of hydrogen-bond donors (Lipinski definition) is 1. The highest BCUT2D eigenvalue weighted by atomic mass is 32.2. The SMILES string of the molecule is CCc1ccc(-c2nc(SCC(=O)N3[C@H](C)CCC[C@H]3C)n[nH]2)cc1. The highest BCUT2D eigenvalue weighted by Gasteiger charge is 2.28. The lowest BCUT2D eigenvalue weighted by atomic mass is 9.98. The van der Waals surface area contributed by atoms with E-state index in [-0.39, 0.29) is 5.91 Å². The third-order valence-electron chi connectivity index (χ3n) is 4.91. The zero-order chi connectivity index (χ0) is 17.8. The van der Waals surface area contributed by atoms with Crippen LogP contribution in [0.3, 0.4) is 0 Å². The normalized spacial score (nSPS) is 20.7. The monoisotopic (exact) mass is 358 g/mol. The van der Waals surface area contributed by atoms with Crippen LogP contribution in [0.2, 0.25) is 0 Å². The molecule has 1 aromatic heterocycles. The molecule has 2 aromatic rings. The molecule has 1 aliphatic heterocycles. The molecule has 0 unspecified atom stereocenters. The zero-order valence-electron chi connectivity index (χ0n) is 15.2.